The van der Waals surface area contributed by atoms with Crippen LogP contribution < -0.4 is 15.4 Å². The molecule has 1 amide bonds. The molecular weight excluding hydrogens is 592 g/mol. The average molecular weight is 613 g/mol. The summed E-state index contributed by atoms with van der Waals surface area (Å²) in [6.45, 7) is 1.36. The maximum atomic E-state index is 13.6. The molecule has 41 heavy (non-hydrogen) atoms. The lowest BCUT2D eigenvalue weighted by molar-refractivity contribution is -0.141. The van der Waals surface area contributed by atoms with E-state index in [-0.39, 0.29) is 52.3 Å². The molecular formula is C24H21ClF4N8O3S. The number of hydrogen-bond donors (Lipinski definition) is 3. The molecule has 0 bridgehead atoms. The van der Waals surface area contributed by atoms with Gasteiger partial charge in [0.05, 0.1) is 16.8 Å². The number of rotatable bonds is 9. The molecule has 0 aliphatic carbocycles. The van der Waals surface area contributed by atoms with Gasteiger partial charge in [0.25, 0.3) is 5.91 Å². The van der Waals surface area contributed by atoms with Crippen molar-refractivity contribution < 1.29 is 30.8 Å². The van der Waals surface area contributed by atoms with Crippen molar-refractivity contribution >= 4 is 39.2 Å². The van der Waals surface area contributed by atoms with Gasteiger partial charge in [-0.2, -0.15) is 23.3 Å². The van der Waals surface area contributed by atoms with Crippen LogP contribution in [0.3, 0.4) is 0 Å². The normalized spacial score (nSPS) is 11.9. The second kappa shape index (κ2) is 11.8. The van der Waals surface area contributed by atoms with Crippen LogP contribution in [0.5, 0.6) is 0 Å². The summed E-state index contributed by atoms with van der Waals surface area (Å²) in [5.41, 5.74) is -0.171. The van der Waals surface area contributed by atoms with Gasteiger partial charge in [0.15, 0.2) is 11.5 Å². The van der Waals surface area contributed by atoms with Gasteiger partial charge >= 0.3 is 6.18 Å². The standard InChI is InChI=1S/C24H21ClF4N8O3S/c1-13-7-20(24(27,28)29)36-37(13)21-17(12-32-23(35-21)34-16-3-4-19(26)18(25)9-16)14-8-15(11-30-10-14)22(38)31-5-6-33-41(2,39)40/h3-4,7-12,33H,5-6H2,1-2H3,(H,31,38)(H,32,34,35). The number of amides is 1. The number of benzene rings is 1. The van der Waals surface area contributed by atoms with E-state index in [0.717, 1.165) is 23.1 Å². The largest absolute Gasteiger partial charge is 0.435 e. The topological polar surface area (TPSA) is 144 Å². The molecule has 17 heteroatoms. The molecule has 0 atom stereocenters. The van der Waals surface area contributed by atoms with Gasteiger partial charge in [-0.15, -0.1) is 0 Å². The number of nitrogens with one attached hydrogen (secondary N) is 3. The monoisotopic (exact) mass is 612 g/mol. The van der Waals surface area contributed by atoms with Crippen LogP contribution in [-0.2, 0) is 16.2 Å². The fourth-order valence-electron chi connectivity index (χ4n) is 3.55. The number of carbonyl (C=O) groups excluding carboxylic acids is 1. The van der Waals surface area contributed by atoms with E-state index in [1.165, 1.54) is 43.7 Å². The Morgan fingerprint density at radius 3 is 2.51 bits per heavy atom. The molecule has 0 aliphatic rings. The van der Waals surface area contributed by atoms with E-state index >= 15 is 0 Å². The fourth-order valence-corrected chi connectivity index (χ4v) is 4.21. The van der Waals surface area contributed by atoms with E-state index in [1.54, 1.807) is 0 Å². The van der Waals surface area contributed by atoms with Crippen LogP contribution in [0.4, 0.5) is 29.2 Å². The lowest BCUT2D eigenvalue weighted by atomic mass is 10.1. The number of halogens is 5. The van der Waals surface area contributed by atoms with Crippen molar-refractivity contribution in [3.63, 3.8) is 0 Å². The van der Waals surface area contributed by atoms with Gasteiger partial charge in [0.2, 0.25) is 16.0 Å². The third-order valence-electron chi connectivity index (χ3n) is 5.41. The first-order valence-corrected chi connectivity index (χ1v) is 13.9. The minimum absolute atomic E-state index is 0.00897. The Labute approximate surface area is 236 Å². The summed E-state index contributed by atoms with van der Waals surface area (Å²) in [5.74, 6) is -1.35. The van der Waals surface area contributed by atoms with Crippen LogP contribution in [0.25, 0.3) is 16.9 Å². The molecule has 0 unspecified atom stereocenters. The molecule has 0 saturated heterocycles. The number of nitrogens with zero attached hydrogens (tertiary/aromatic N) is 5. The molecule has 216 valence electrons. The van der Waals surface area contributed by atoms with Crippen molar-refractivity contribution in [3.8, 4) is 16.9 Å². The first-order valence-electron chi connectivity index (χ1n) is 11.6. The van der Waals surface area contributed by atoms with Crippen molar-refractivity contribution in [1.82, 2.24) is 34.8 Å². The number of sulfonamides is 1. The summed E-state index contributed by atoms with van der Waals surface area (Å²) in [5, 5.41) is 8.88. The van der Waals surface area contributed by atoms with Gasteiger partial charge in [-0.05, 0) is 37.3 Å². The molecule has 11 nitrogen and oxygen atoms in total. The highest BCUT2D eigenvalue weighted by atomic mass is 35.5. The Morgan fingerprint density at radius 2 is 1.85 bits per heavy atom. The summed E-state index contributed by atoms with van der Waals surface area (Å²) in [7, 11) is -3.43. The second-order valence-electron chi connectivity index (χ2n) is 8.65. The first-order chi connectivity index (χ1) is 19.2. The Kier molecular flexibility index (Phi) is 8.55. The number of alkyl halides is 3. The predicted octanol–water partition coefficient (Wildman–Crippen LogP) is 3.87. The average Bonchev–Trinajstić information content (AvgIpc) is 3.30. The Morgan fingerprint density at radius 1 is 1.10 bits per heavy atom. The third kappa shape index (κ3) is 7.53. The Hall–Kier alpha value is -4.15. The molecule has 3 N–H and O–H groups in total. The zero-order valence-electron chi connectivity index (χ0n) is 21.3. The number of aromatic nitrogens is 5. The summed E-state index contributed by atoms with van der Waals surface area (Å²) in [4.78, 5) is 25.3. The molecule has 4 aromatic rings. The van der Waals surface area contributed by atoms with Crippen LogP contribution in [-0.4, -0.2) is 58.4 Å². The molecule has 3 heterocycles. The first kappa shape index (κ1) is 29.8. The van der Waals surface area contributed by atoms with E-state index in [1.807, 2.05) is 0 Å². The SMILES string of the molecule is Cc1cc(C(F)(F)F)nn1-c1nc(Nc2ccc(F)c(Cl)c2)ncc1-c1cncc(C(=O)NCCNS(C)(=O)=O)c1. The highest BCUT2D eigenvalue weighted by Crippen LogP contribution is 2.32. The third-order valence-corrected chi connectivity index (χ3v) is 6.43. The van der Waals surface area contributed by atoms with Gasteiger partial charge in [-0.25, -0.2) is 27.2 Å². The number of carbonyl (C=O) groups is 1. The van der Waals surface area contributed by atoms with Crippen molar-refractivity contribution in [2.45, 2.75) is 13.1 Å². The summed E-state index contributed by atoms with van der Waals surface area (Å²) < 4.78 is 79.5. The molecule has 3 aromatic heterocycles. The highest BCUT2D eigenvalue weighted by molar-refractivity contribution is 7.88. The minimum Gasteiger partial charge on any atom is -0.351 e. The maximum Gasteiger partial charge on any atom is 0.435 e. The number of aryl methyl sites for hydroxylation is 1. The van der Waals surface area contributed by atoms with E-state index < -0.39 is 33.6 Å². The molecule has 0 fully saturated rings. The second-order valence-corrected chi connectivity index (χ2v) is 10.9. The lowest BCUT2D eigenvalue weighted by Crippen LogP contribution is -2.34. The van der Waals surface area contributed by atoms with Crippen molar-refractivity contribution in [2.24, 2.45) is 0 Å². The van der Waals surface area contributed by atoms with Gasteiger partial charge in [-0.1, -0.05) is 11.6 Å². The van der Waals surface area contributed by atoms with Crippen LogP contribution in [0.15, 0.2) is 48.9 Å². The van der Waals surface area contributed by atoms with Gasteiger partial charge in [0, 0.05) is 54.2 Å². The molecule has 0 saturated carbocycles. The molecule has 0 spiro atoms. The zero-order chi connectivity index (χ0) is 29.9. The molecule has 0 aliphatic heterocycles. The van der Waals surface area contributed by atoms with E-state index in [4.69, 9.17) is 11.6 Å². The minimum atomic E-state index is -4.72. The van der Waals surface area contributed by atoms with Gasteiger partial charge in [0.1, 0.15) is 5.82 Å². The van der Waals surface area contributed by atoms with Gasteiger partial charge in [-0.3, -0.25) is 9.78 Å². The summed E-state index contributed by atoms with van der Waals surface area (Å²) in [6.07, 6.45) is 0.190. The van der Waals surface area contributed by atoms with E-state index in [0.29, 0.717) is 5.69 Å². The highest BCUT2D eigenvalue weighted by Gasteiger charge is 2.35. The number of anilines is 2. The van der Waals surface area contributed by atoms with E-state index in [9.17, 15) is 30.8 Å². The maximum absolute atomic E-state index is 13.6. The van der Waals surface area contributed by atoms with Crippen LogP contribution >= 0.6 is 11.6 Å². The van der Waals surface area contributed by atoms with Crippen LogP contribution in [0, 0.1) is 12.7 Å². The Bertz CT molecular complexity index is 1710. The Balaban J connectivity index is 1.72. The quantitative estimate of drug-likeness (QED) is 0.191. The predicted molar refractivity (Wildman–Crippen MR) is 142 cm³/mol. The van der Waals surface area contributed by atoms with E-state index in [2.05, 4.69) is 35.4 Å². The molecule has 4 rings (SSSR count). The lowest BCUT2D eigenvalue weighted by Gasteiger charge is -2.14. The van der Waals surface area contributed by atoms with Crippen molar-refractivity contribution in [3.05, 3.63) is 76.7 Å². The van der Waals surface area contributed by atoms with Crippen molar-refractivity contribution in [1.29, 1.82) is 0 Å². The number of pyridine rings is 1. The van der Waals surface area contributed by atoms with Crippen LogP contribution in [0.1, 0.15) is 21.7 Å². The van der Waals surface area contributed by atoms with Crippen molar-refractivity contribution in [2.75, 3.05) is 24.7 Å². The summed E-state index contributed by atoms with van der Waals surface area (Å²) >= 11 is 5.83. The van der Waals surface area contributed by atoms with Gasteiger partial charge < -0.3 is 10.6 Å². The smallest absolute Gasteiger partial charge is 0.351 e. The summed E-state index contributed by atoms with van der Waals surface area (Å²) in [6, 6.07) is 6.05. The number of hydrogen-bond acceptors (Lipinski definition) is 8. The molecule has 1 aromatic carbocycles. The fraction of sp³-hybridized carbons (Fsp3) is 0.208. The van der Waals surface area contributed by atoms with Crippen LogP contribution in [0.2, 0.25) is 5.02 Å². The molecule has 0 radical (unpaired) electrons. The zero-order valence-corrected chi connectivity index (χ0v) is 22.9.